The third-order valence-electron chi connectivity index (χ3n) is 4.64. The highest BCUT2D eigenvalue weighted by atomic mass is 32.2. The minimum absolute atomic E-state index is 0.0396. The van der Waals surface area contributed by atoms with Gasteiger partial charge in [-0.3, -0.25) is 9.10 Å². The van der Waals surface area contributed by atoms with Gasteiger partial charge in [0, 0.05) is 31.8 Å². The van der Waals surface area contributed by atoms with Gasteiger partial charge in [-0.15, -0.1) is 0 Å². The van der Waals surface area contributed by atoms with E-state index in [4.69, 9.17) is 0 Å². The molecule has 5 nitrogen and oxygen atoms in total. The fourth-order valence-corrected chi connectivity index (χ4v) is 4.15. The van der Waals surface area contributed by atoms with Crippen molar-refractivity contribution >= 4 is 21.6 Å². The first-order chi connectivity index (χ1) is 14.2. The molecule has 0 atom stereocenters. The molecule has 0 radical (unpaired) electrons. The Morgan fingerprint density at radius 2 is 1.57 bits per heavy atom. The Balaban J connectivity index is 1.85. The van der Waals surface area contributed by atoms with E-state index in [2.05, 4.69) is 0 Å². The van der Waals surface area contributed by atoms with Crippen molar-refractivity contribution in [2.24, 2.45) is 0 Å². The molecule has 0 saturated heterocycles. The molecule has 8 heteroatoms. The maximum absolute atomic E-state index is 13.9. The SMILES string of the molecule is CN(Cc1ccccc1F)C(=O)c1cccc(S(=O)(=O)N(C)c2ccc(F)cc2)c1. The summed E-state index contributed by atoms with van der Waals surface area (Å²) in [6, 6.07) is 16.8. The van der Waals surface area contributed by atoms with Crippen LogP contribution in [0.25, 0.3) is 0 Å². The smallest absolute Gasteiger partial charge is 0.264 e. The molecule has 3 aromatic rings. The molecular formula is C22H20F2N2O3S. The molecule has 0 N–H and O–H groups in total. The second kappa shape index (κ2) is 8.62. The average molecular weight is 430 g/mol. The summed E-state index contributed by atoms with van der Waals surface area (Å²) >= 11 is 0. The molecule has 0 bridgehead atoms. The number of rotatable bonds is 6. The van der Waals surface area contributed by atoms with Gasteiger partial charge in [-0.05, 0) is 48.5 Å². The standard InChI is InChI=1S/C22H20F2N2O3S/c1-25(15-17-6-3-4-9-21(17)24)22(27)16-7-5-8-20(14-16)30(28,29)26(2)19-12-10-18(23)11-13-19/h3-14H,15H2,1-2H3. The lowest BCUT2D eigenvalue weighted by atomic mass is 10.1. The third-order valence-corrected chi connectivity index (χ3v) is 6.42. The number of hydrogen-bond donors (Lipinski definition) is 0. The van der Waals surface area contributed by atoms with Crippen molar-refractivity contribution in [1.29, 1.82) is 0 Å². The van der Waals surface area contributed by atoms with Crippen LogP contribution in [0.1, 0.15) is 15.9 Å². The number of hydrogen-bond acceptors (Lipinski definition) is 3. The van der Waals surface area contributed by atoms with Crippen LogP contribution >= 0.6 is 0 Å². The molecule has 0 heterocycles. The zero-order valence-corrected chi connectivity index (χ0v) is 17.2. The number of anilines is 1. The number of halogens is 2. The Morgan fingerprint density at radius 1 is 0.900 bits per heavy atom. The van der Waals surface area contributed by atoms with E-state index in [1.807, 2.05) is 0 Å². The molecular weight excluding hydrogens is 410 g/mol. The lowest BCUT2D eigenvalue weighted by molar-refractivity contribution is 0.0783. The molecule has 0 saturated carbocycles. The van der Waals surface area contributed by atoms with Crippen LogP contribution in [-0.2, 0) is 16.6 Å². The molecule has 0 spiro atoms. The van der Waals surface area contributed by atoms with Gasteiger partial charge in [0.15, 0.2) is 0 Å². The topological polar surface area (TPSA) is 57.7 Å². The van der Waals surface area contributed by atoms with Crippen molar-refractivity contribution in [1.82, 2.24) is 4.90 Å². The molecule has 3 rings (SSSR count). The third kappa shape index (κ3) is 4.49. The van der Waals surface area contributed by atoms with Gasteiger partial charge in [-0.2, -0.15) is 0 Å². The number of carbonyl (C=O) groups excluding carboxylic acids is 1. The minimum Gasteiger partial charge on any atom is -0.337 e. The molecule has 0 unspecified atom stereocenters. The Morgan fingerprint density at radius 3 is 2.23 bits per heavy atom. The van der Waals surface area contributed by atoms with Crippen LogP contribution in [0.3, 0.4) is 0 Å². The summed E-state index contributed by atoms with van der Waals surface area (Å²) < 4.78 is 53.9. The van der Waals surface area contributed by atoms with Crippen molar-refractivity contribution in [3.63, 3.8) is 0 Å². The molecule has 0 fully saturated rings. The second-order valence-corrected chi connectivity index (χ2v) is 8.70. The predicted molar refractivity (Wildman–Crippen MR) is 111 cm³/mol. The highest BCUT2D eigenvalue weighted by Crippen LogP contribution is 2.23. The maximum atomic E-state index is 13.9. The van der Waals surface area contributed by atoms with E-state index in [0.29, 0.717) is 5.56 Å². The van der Waals surface area contributed by atoms with Crippen molar-refractivity contribution in [3.8, 4) is 0 Å². The lowest BCUT2D eigenvalue weighted by Gasteiger charge is -2.21. The molecule has 156 valence electrons. The van der Waals surface area contributed by atoms with Gasteiger partial charge in [0.1, 0.15) is 11.6 Å². The number of amides is 1. The number of carbonyl (C=O) groups is 1. The van der Waals surface area contributed by atoms with E-state index >= 15 is 0 Å². The molecule has 0 aliphatic heterocycles. The van der Waals surface area contributed by atoms with Crippen molar-refractivity contribution < 1.29 is 22.0 Å². The van der Waals surface area contributed by atoms with E-state index in [0.717, 1.165) is 4.31 Å². The molecule has 1 amide bonds. The second-order valence-electron chi connectivity index (χ2n) is 6.73. The molecule has 0 aromatic heterocycles. The first-order valence-corrected chi connectivity index (χ1v) is 10.5. The highest BCUT2D eigenvalue weighted by molar-refractivity contribution is 7.92. The number of nitrogens with zero attached hydrogens (tertiary/aromatic N) is 2. The summed E-state index contributed by atoms with van der Waals surface area (Å²) in [6.07, 6.45) is 0. The van der Waals surface area contributed by atoms with Crippen LogP contribution in [0, 0.1) is 11.6 Å². The van der Waals surface area contributed by atoms with Crippen LogP contribution in [0.2, 0.25) is 0 Å². The molecule has 0 aliphatic carbocycles. The predicted octanol–water partition coefficient (Wildman–Crippen LogP) is 4.06. The first kappa shape index (κ1) is 21.4. The summed E-state index contributed by atoms with van der Waals surface area (Å²) in [5.74, 6) is -1.34. The monoisotopic (exact) mass is 430 g/mol. The summed E-state index contributed by atoms with van der Waals surface area (Å²) in [5.41, 5.74) is 0.792. The van der Waals surface area contributed by atoms with Gasteiger partial charge < -0.3 is 4.90 Å². The Bertz CT molecular complexity index is 1170. The van der Waals surface area contributed by atoms with E-state index in [1.54, 1.807) is 18.2 Å². The summed E-state index contributed by atoms with van der Waals surface area (Å²) in [7, 11) is -1.11. The van der Waals surface area contributed by atoms with Gasteiger partial charge >= 0.3 is 0 Å². The number of benzene rings is 3. The minimum atomic E-state index is -3.97. The van der Waals surface area contributed by atoms with Gasteiger partial charge in [0.2, 0.25) is 0 Å². The van der Waals surface area contributed by atoms with Crippen LogP contribution in [0.5, 0.6) is 0 Å². The maximum Gasteiger partial charge on any atom is 0.264 e. The Kier molecular flexibility index (Phi) is 6.17. The normalized spacial score (nSPS) is 11.2. The summed E-state index contributed by atoms with van der Waals surface area (Å²) in [4.78, 5) is 14.0. The van der Waals surface area contributed by atoms with Crippen LogP contribution in [0.4, 0.5) is 14.5 Å². The van der Waals surface area contributed by atoms with Gasteiger partial charge in [-0.25, -0.2) is 17.2 Å². The number of sulfonamides is 1. The zero-order valence-electron chi connectivity index (χ0n) is 16.4. The van der Waals surface area contributed by atoms with Crippen LogP contribution in [0.15, 0.2) is 77.7 Å². The molecule has 0 aliphatic rings. The fraction of sp³-hybridized carbons (Fsp3) is 0.136. The quantitative estimate of drug-likeness (QED) is 0.593. The van der Waals surface area contributed by atoms with E-state index in [1.165, 1.54) is 73.6 Å². The van der Waals surface area contributed by atoms with Crippen molar-refractivity contribution in [3.05, 3.63) is 95.6 Å². The van der Waals surface area contributed by atoms with Gasteiger partial charge in [-0.1, -0.05) is 24.3 Å². The average Bonchev–Trinajstić information content (AvgIpc) is 2.75. The highest BCUT2D eigenvalue weighted by Gasteiger charge is 2.23. The van der Waals surface area contributed by atoms with E-state index in [-0.39, 0.29) is 22.7 Å². The lowest BCUT2D eigenvalue weighted by Crippen LogP contribution is -2.28. The summed E-state index contributed by atoms with van der Waals surface area (Å²) in [6.45, 7) is 0.0396. The molecule has 30 heavy (non-hydrogen) atoms. The molecule has 3 aromatic carbocycles. The van der Waals surface area contributed by atoms with Gasteiger partial charge in [0.05, 0.1) is 10.6 Å². The zero-order chi connectivity index (χ0) is 21.9. The Hall–Kier alpha value is -3.26. The van der Waals surface area contributed by atoms with E-state index in [9.17, 15) is 22.0 Å². The largest absolute Gasteiger partial charge is 0.337 e. The Labute approximate surface area is 174 Å². The fourth-order valence-electron chi connectivity index (χ4n) is 2.91. The van der Waals surface area contributed by atoms with E-state index < -0.39 is 27.6 Å². The van der Waals surface area contributed by atoms with Gasteiger partial charge in [0.25, 0.3) is 15.9 Å². The summed E-state index contributed by atoms with van der Waals surface area (Å²) in [5, 5.41) is 0. The van der Waals surface area contributed by atoms with Crippen LogP contribution in [-0.4, -0.2) is 33.3 Å². The first-order valence-electron chi connectivity index (χ1n) is 9.03. The van der Waals surface area contributed by atoms with Crippen LogP contribution < -0.4 is 4.31 Å². The van der Waals surface area contributed by atoms with Crippen molar-refractivity contribution in [2.45, 2.75) is 11.4 Å². The van der Waals surface area contributed by atoms with Crippen molar-refractivity contribution in [2.75, 3.05) is 18.4 Å².